The molecule has 0 N–H and O–H groups in total. The van der Waals surface area contributed by atoms with Gasteiger partial charge >= 0.3 is 34.2 Å². The summed E-state index contributed by atoms with van der Waals surface area (Å²) in [5.41, 5.74) is 0. The van der Waals surface area contributed by atoms with Crippen molar-refractivity contribution in [2.45, 2.75) is 262 Å². The Morgan fingerprint density at radius 1 is 0.308 bits per heavy atom. The molecule has 368 valence electrons. The first-order valence-electron chi connectivity index (χ1n) is 27.3. The molecule has 0 amide bonds. The monoisotopic (exact) mass is 995 g/mol. The average Bonchev–Trinajstić information content (AvgIpc) is 3.34. The summed E-state index contributed by atoms with van der Waals surface area (Å²) in [6.07, 6.45) is 49.1. The molecule has 0 aromatic carbocycles. The van der Waals surface area contributed by atoms with Gasteiger partial charge in [-0.05, 0) is 116 Å². The van der Waals surface area contributed by atoms with Crippen LogP contribution < -0.4 is 0 Å². The Kier molecular flexibility index (Phi) is 18.2. The maximum Gasteiger partial charge on any atom is 0.327 e. The van der Waals surface area contributed by atoms with Crippen LogP contribution in [-0.2, 0) is 20.6 Å². The molecule has 6 saturated carbocycles. The first-order chi connectivity index (χ1) is 31.0. The lowest BCUT2D eigenvalue weighted by Gasteiger charge is -2.60. The molecule has 6 aliphatic carbocycles. The van der Waals surface area contributed by atoms with Crippen LogP contribution in [0.4, 0.5) is 0 Å². The molecule has 0 aromatic heterocycles. The average molecular weight is 996 g/mol. The molecule has 6 atom stereocenters. The van der Waals surface area contributed by atoms with Gasteiger partial charge in [0.2, 0.25) is 0 Å². The molecule has 65 heavy (non-hydrogen) atoms. The summed E-state index contributed by atoms with van der Waals surface area (Å²) in [5.74, 6) is 0. The van der Waals surface area contributed by atoms with E-state index in [4.69, 9.17) is 46.9 Å². The Morgan fingerprint density at radius 2 is 0.508 bits per heavy atom. The zero-order valence-corrected chi connectivity index (χ0v) is 49.4. The fourth-order valence-electron chi connectivity index (χ4n) is 15.0. The summed E-state index contributed by atoms with van der Waals surface area (Å²) in [6.45, 7) is 42.9. The zero-order chi connectivity index (χ0) is 47.1. The normalized spacial score (nSPS) is 29.6. The topological polar surface area (TPSA) is 46.2 Å². The highest BCUT2D eigenvalue weighted by atomic mass is 28.5. The standard InChI is InChI=1S/C54H98O5Si6/c1-13-49(37-25-19-26-38-49)60(7)55-62(9,51(15-3)41-29-21-30-42-51)57-64(11,53(17-5)45-33-23-34-46-53)59-65(12,54(18-6)47-35-24-36-48-54)58-63(10,52(16-4)43-31-22-32-44-52)56-61(8)50(14-2)39-27-20-28-40-50/h13-18,60-61H,1-6,19-48H2,7-12H3. The molecule has 0 radical (unpaired) electrons. The van der Waals surface area contributed by atoms with E-state index < -0.39 is 52.3 Å². The first kappa shape index (κ1) is 53.9. The maximum absolute atomic E-state index is 8.72. The molecule has 0 aromatic rings. The van der Waals surface area contributed by atoms with Gasteiger partial charge in [0, 0.05) is 30.2 Å². The van der Waals surface area contributed by atoms with E-state index in [0.29, 0.717) is 0 Å². The van der Waals surface area contributed by atoms with Crippen molar-refractivity contribution >= 4 is 52.3 Å². The van der Waals surface area contributed by atoms with Crippen LogP contribution in [0.1, 0.15) is 193 Å². The third kappa shape index (κ3) is 10.2. The highest BCUT2D eigenvalue weighted by Crippen LogP contribution is 2.64. The number of rotatable bonds is 22. The molecule has 5 nitrogen and oxygen atoms in total. The van der Waals surface area contributed by atoms with Crippen LogP contribution in [0.3, 0.4) is 0 Å². The van der Waals surface area contributed by atoms with Crippen molar-refractivity contribution in [3.8, 4) is 0 Å². The minimum absolute atomic E-state index is 0.0690. The number of allylic oxidation sites excluding steroid dienone is 6. The Bertz CT molecular complexity index is 1520. The zero-order valence-electron chi connectivity index (χ0n) is 43.1. The molecular weight excluding hydrogens is 897 g/mol. The van der Waals surface area contributed by atoms with Crippen molar-refractivity contribution in [3.63, 3.8) is 0 Å². The van der Waals surface area contributed by atoms with Crippen molar-refractivity contribution in [2.24, 2.45) is 0 Å². The van der Waals surface area contributed by atoms with Crippen LogP contribution >= 0.6 is 0 Å². The van der Waals surface area contributed by atoms with E-state index in [1.165, 1.54) is 116 Å². The second-order valence-corrected chi connectivity index (χ2v) is 44.0. The van der Waals surface area contributed by atoms with Gasteiger partial charge < -0.3 is 20.6 Å². The fraction of sp³-hybridized carbons (Fsp3) is 0.778. The first-order valence-corrected chi connectivity index (χ1v) is 40.9. The molecule has 6 fully saturated rings. The quantitative estimate of drug-likeness (QED) is 0.0799. The van der Waals surface area contributed by atoms with E-state index in [1.54, 1.807) is 0 Å². The van der Waals surface area contributed by atoms with Gasteiger partial charge in [-0.1, -0.05) is 152 Å². The molecule has 0 saturated heterocycles. The molecule has 11 heteroatoms. The van der Waals surface area contributed by atoms with E-state index in [0.717, 1.165) is 77.0 Å². The molecular formula is C54H98O5Si6. The van der Waals surface area contributed by atoms with Crippen molar-refractivity contribution in [2.75, 3.05) is 0 Å². The predicted molar refractivity (Wildman–Crippen MR) is 294 cm³/mol. The van der Waals surface area contributed by atoms with Crippen molar-refractivity contribution in [1.82, 2.24) is 0 Å². The predicted octanol–water partition coefficient (Wildman–Crippen LogP) is 17.4. The summed E-state index contributed by atoms with van der Waals surface area (Å²) >= 11 is 0. The van der Waals surface area contributed by atoms with E-state index >= 15 is 0 Å². The molecule has 0 aliphatic heterocycles. The lowest BCUT2D eigenvalue weighted by molar-refractivity contribution is 0.186. The van der Waals surface area contributed by atoms with E-state index in [-0.39, 0.29) is 30.2 Å². The van der Waals surface area contributed by atoms with Gasteiger partial charge in [-0.25, -0.2) is 0 Å². The van der Waals surface area contributed by atoms with Crippen LogP contribution in [0, 0.1) is 0 Å². The second kappa shape index (κ2) is 21.9. The summed E-state index contributed by atoms with van der Waals surface area (Å²) in [6, 6.07) is 0. The summed E-state index contributed by atoms with van der Waals surface area (Å²) in [5, 5.41) is -0.869. The van der Waals surface area contributed by atoms with Gasteiger partial charge in [0.25, 0.3) is 0 Å². The van der Waals surface area contributed by atoms with Crippen molar-refractivity contribution in [3.05, 3.63) is 75.9 Å². The minimum Gasteiger partial charge on any atom is -0.438 e. The van der Waals surface area contributed by atoms with Crippen molar-refractivity contribution in [1.29, 1.82) is 0 Å². The summed E-state index contributed by atoms with van der Waals surface area (Å²) in [4.78, 5) is 0. The number of hydrogen-bond acceptors (Lipinski definition) is 5. The van der Waals surface area contributed by atoms with Gasteiger partial charge in [0.15, 0.2) is 18.1 Å². The largest absolute Gasteiger partial charge is 0.438 e. The second-order valence-electron chi connectivity index (χ2n) is 23.3. The third-order valence-corrected chi connectivity index (χ3v) is 50.8. The van der Waals surface area contributed by atoms with Crippen LogP contribution in [0.15, 0.2) is 75.9 Å². The van der Waals surface area contributed by atoms with Crippen molar-refractivity contribution < 1.29 is 20.6 Å². The molecule has 6 unspecified atom stereocenters. The fourth-order valence-corrected chi connectivity index (χ4v) is 50.0. The molecule has 6 rings (SSSR count). The SMILES string of the molecule is C=CC1([SiH](C)O[Si](C)(O[Si](C)(O[Si](C)(O[Si](C)(O[SiH](C)C2(C=C)CCCCC2)C2(C=C)CCCCC2)C2(C=C)CCCCC2)C2(C=C)CCCCC2)C2(C=C)CCCCC2)CCCCC1. The minimum atomic E-state index is -3.40. The molecule has 6 aliphatic rings. The Labute approximate surface area is 408 Å². The molecule has 0 bridgehead atoms. The Hall–Kier alpha value is -0.459. The highest BCUT2D eigenvalue weighted by Gasteiger charge is 2.69. The molecule has 0 spiro atoms. The van der Waals surface area contributed by atoms with Crippen LogP contribution in [0.5, 0.6) is 0 Å². The summed E-state index contributed by atoms with van der Waals surface area (Å²) in [7, 11) is -16.9. The van der Waals surface area contributed by atoms with Gasteiger partial charge in [0.05, 0.1) is 0 Å². The Morgan fingerprint density at radius 3 is 0.723 bits per heavy atom. The van der Waals surface area contributed by atoms with Gasteiger partial charge in [-0.3, -0.25) is 0 Å². The molecule has 0 heterocycles. The van der Waals surface area contributed by atoms with Gasteiger partial charge in [0.1, 0.15) is 0 Å². The van der Waals surface area contributed by atoms with E-state index in [9.17, 15) is 0 Å². The van der Waals surface area contributed by atoms with Gasteiger partial charge in [-0.15, -0.1) is 39.5 Å². The third-order valence-electron chi connectivity index (χ3n) is 20.1. The van der Waals surface area contributed by atoms with Crippen LogP contribution in [0.25, 0.3) is 0 Å². The van der Waals surface area contributed by atoms with Gasteiger partial charge in [-0.2, -0.15) is 0 Å². The van der Waals surface area contributed by atoms with E-state index in [2.05, 4.69) is 88.9 Å². The Balaban J connectivity index is 1.56. The highest BCUT2D eigenvalue weighted by molar-refractivity contribution is 6.94. The smallest absolute Gasteiger partial charge is 0.327 e. The van der Waals surface area contributed by atoms with Crippen LogP contribution in [0.2, 0.25) is 69.5 Å². The lowest BCUT2D eigenvalue weighted by atomic mass is 9.88. The van der Waals surface area contributed by atoms with E-state index in [1.807, 2.05) is 0 Å². The maximum atomic E-state index is 8.72. The number of hydrogen-bond donors (Lipinski definition) is 0. The lowest BCUT2D eigenvalue weighted by Crippen LogP contribution is -2.71. The van der Waals surface area contributed by atoms with Crippen LogP contribution in [-0.4, -0.2) is 52.3 Å². The summed E-state index contributed by atoms with van der Waals surface area (Å²) < 4.78 is 42.2.